The highest BCUT2D eigenvalue weighted by molar-refractivity contribution is 6.42. The average Bonchev–Trinajstić information content (AvgIpc) is 3.04. The summed E-state index contributed by atoms with van der Waals surface area (Å²) >= 11 is 12.5. The zero-order chi connectivity index (χ0) is 17.4. The van der Waals surface area contributed by atoms with Crippen LogP contribution in [-0.4, -0.2) is 29.4 Å². The molecule has 0 aromatic heterocycles. The standard InChI is InChI=1S/C19H26Cl2N2O.ClH/c1-14(24)22-18(2)9-3-4-10-19(18,23-11-5-6-12-23)15-7-8-16(20)17(21)13-15;/h7-8,13H,3-6,9-12H2,1-2H3,(H,22,24);1H. The molecule has 1 amide bonds. The van der Waals surface area contributed by atoms with E-state index < -0.39 is 0 Å². The van der Waals surface area contributed by atoms with Crippen LogP contribution < -0.4 is 5.32 Å². The molecule has 6 heteroatoms. The van der Waals surface area contributed by atoms with Crippen LogP contribution in [0.25, 0.3) is 0 Å². The normalized spacial score (nSPS) is 29.9. The largest absolute Gasteiger partial charge is 0.349 e. The molecule has 0 radical (unpaired) electrons. The lowest BCUT2D eigenvalue weighted by atomic mass is 9.63. The zero-order valence-electron chi connectivity index (χ0n) is 14.9. The highest BCUT2D eigenvalue weighted by atomic mass is 35.5. The van der Waals surface area contributed by atoms with E-state index in [0.717, 1.165) is 38.8 Å². The van der Waals surface area contributed by atoms with Crippen LogP contribution in [0.3, 0.4) is 0 Å². The Morgan fingerprint density at radius 1 is 1.08 bits per heavy atom. The minimum atomic E-state index is -0.307. The lowest BCUT2D eigenvalue weighted by Crippen LogP contribution is -2.68. The van der Waals surface area contributed by atoms with E-state index in [9.17, 15) is 4.79 Å². The van der Waals surface area contributed by atoms with Crippen LogP contribution in [0.2, 0.25) is 10.0 Å². The highest BCUT2D eigenvalue weighted by Crippen LogP contribution is 2.50. The Balaban J connectivity index is 0.00000225. The fraction of sp³-hybridized carbons (Fsp3) is 0.632. The number of nitrogens with zero attached hydrogens (tertiary/aromatic N) is 1. The Kier molecular flexibility index (Phi) is 6.70. The molecule has 0 bridgehead atoms. The molecule has 2 aliphatic rings. The van der Waals surface area contributed by atoms with Gasteiger partial charge in [0.2, 0.25) is 5.91 Å². The van der Waals surface area contributed by atoms with Crippen molar-refractivity contribution in [3.63, 3.8) is 0 Å². The Bertz CT molecular complexity index is 633. The van der Waals surface area contributed by atoms with E-state index in [1.807, 2.05) is 12.1 Å². The molecule has 2 unspecified atom stereocenters. The number of hydrogen-bond donors (Lipinski definition) is 1. The molecule has 25 heavy (non-hydrogen) atoms. The molecule has 2 fully saturated rings. The van der Waals surface area contributed by atoms with Gasteiger partial charge in [-0.25, -0.2) is 0 Å². The molecule has 1 heterocycles. The van der Waals surface area contributed by atoms with Crippen LogP contribution >= 0.6 is 35.6 Å². The van der Waals surface area contributed by atoms with Crippen LogP contribution in [0.5, 0.6) is 0 Å². The number of benzene rings is 1. The van der Waals surface area contributed by atoms with Crippen molar-refractivity contribution in [3.8, 4) is 0 Å². The van der Waals surface area contributed by atoms with Crippen LogP contribution in [0.15, 0.2) is 18.2 Å². The molecule has 1 aromatic carbocycles. The Hall–Kier alpha value is -0.480. The Morgan fingerprint density at radius 3 is 2.32 bits per heavy atom. The third-order valence-electron chi connectivity index (χ3n) is 5.87. The molecule has 1 saturated carbocycles. The summed E-state index contributed by atoms with van der Waals surface area (Å²) in [6, 6.07) is 5.99. The number of carbonyl (C=O) groups excluding carboxylic acids is 1. The van der Waals surface area contributed by atoms with Crippen molar-refractivity contribution in [2.45, 2.75) is 63.5 Å². The van der Waals surface area contributed by atoms with Gasteiger partial charge in [-0.15, -0.1) is 12.4 Å². The summed E-state index contributed by atoms with van der Waals surface area (Å²) in [5.74, 6) is 0.0306. The smallest absolute Gasteiger partial charge is 0.217 e. The zero-order valence-corrected chi connectivity index (χ0v) is 17.2. The molecule has 0 spiro atoms. The Morgan fingerprint density at radius 2 is 1.72 bits per heavy atom. The second kappa shape index (κ2) is 8.04. The molecule has 3 rings (SSSR count). The van der Waals surface area contributed by atoms with Crippen LogP contribution in [-0.2, 0) is 10.3 Å². The molecule has 1 aliphatic heterocycles. The summed E-state index contributed by atoms with van der Waals surface area (Å²) in [5, 5.41) is 4.47. The molecule has 1 aromatic rings. The minimum Gasteiger partial charge on any atom is -0.349 e. The molecule has 140 valence electrons. The van der Waals surface area contributed by atoms with Gasteiger partial charge >= 0.3 is 0 Å². The van der Waals surface area contributed by atoms with Crippen molar-refractivity contribution >= 4 is 41.5 Å². The second-order valence-corrected chi connectivity index (χ2v) is 8.22. The first kappa shape index (κ1) is 20.8. The number of hydrogen-bond acceptors (Lipinski definition) is 2. The Labute approximate surface area is 166 Å². The van der Waals surface area contributed by atoms with E-state index in [0.29, 0.717) is 10.0 Å². The lowest BCUT2D eigenvalue weighted by molar-refractivity contribution is -0.125. The molecule has 3 nitrogen and oxygen atoms in total. The topological polar surface area (TPSA) is 32.3 Å². The summed E-state index contributed by atoms with van der Waals surface area (Å²) in [6.45, 7) is 5.95. The number of amides is 1. The molecular formula is C19H27Cl3N2O. The van der Waals surface area contributed by atoms with Gasteiger partial charge in [0.05, 0.1) is 21.1 Å². The van der Waals surface area contributed by atoms with Crippen molar-refractivity contribution in [2.75, 3.05) is 13.1 Å². The average molecular weight is 406 g/mol. The summed E-state index contributed by atoms with van der Waals surface area (Å²) in [7, 11) is 0. The van der Waals surface area contributed by atoms with Gasteiger partial charge in [0.1, 0.15) is 0 Å². The van der Waals surface area contributed by atoms with Gasteiger partial charge in [0.25, 0.3) is 0 Å². The fourth-order valence-electron chi connectivity index (χ4n) is 4.90. The van der Waals surface area contributed by atoms with Gasteiger partial charge in [0, 0.05) is 6.92 Å². The van der Waals surface area contributed by atoms with E-state index in [2.05, 4.69) is 23.2 Å². The predicted molar refractivity (Wildman–Crippen MR) is 107 cm³/mol. The van der Waals surface area contributed by atoms with Crippen molar-refractivity contribution in [3.05, 3.63) is 33.8 Å². The monoisotopic (exact) mass is 404 g/mol. The molecule has 1 saturated heterocycles. The number of rotatable bonds is 3. The number of halogens is 3. The number of likely N-dealkylation sites (tertiary alicyclic amines) is 1. The van der Waals surface area contributed by atoms with Gasteiger partial charge in [-0.05, 0) is 63.4 Å². The third-order valence-corrected chi connectivity index (χ3v) is 6.61. The summed E-state index contributed by atoms with van der Waals surface area (Å²) in [5.41, 5.74) is 0.648. The second-order valence-electron chi connectivity index (χ2n) is 7.40. The predicted octanol–water partition coefficient (Wildman–Crippen LogP) is 5.18. The highest BCUT2D eigenvalue weighted by Gasteiger charge is 2.55. The third kappa shape index (κ3) is 3.66. The summed E-state index contributed by atoms with van der Waals surface area (Å²) < 4.78 is 0. The maximum Gasteiger partial charge on any atom is 0.217 e. The van der Waals surface area contributed by atoms with Crippen molar-refractivity contribution < 1.29 is 4.79 Å². The van der Waals surface area contributed by atoms with Crippen molar-refractivity contribution in [1.29, 1.82) is 0 Å². The van der Waals surface area contributed by atoms with Gasteiger partial charge in [0.15, 0.2) is 0 Å². The van der Waals surface area contributed by atoms with E-state index in [1.165, 1.54) is 18.4 Å². The maximum atomic E-state index is 12.0. The molecule has 2 atom stereocenters. The van der Waals surface area contributed by atoms with E-state index >= 15 is 0 Å². The summed E-state index contributed by atoms with van der Waals surface area (Å²) in [6.07, 6.45) is 6.71. The van der Waals surface area contributed by atoms with Gasteiger partial charge in [-0.3, -0.25) is 9.69 Å². The van der Waals surface area contributed by atoms with E-state index in [4.69, 9.17) is 23.2 Å². The van der Waals surface area contributed by atoms with Gasteiger partial charge in [-0.2, -0.15) is 0 Å². The SMILES string of the molecule is CC(=O)NC1(C)CCCCC1(c1ccc(Cl)c(Cl)c1)N1CCCC1.Cl. The van der Waals surface area contributed by atoms with E-state index in [1.54, 1.807) is 6.92 Å². The van der Waals surface area contributed by atoms with Crippen LogP contribution in [0.1, 0.15) is 57.9 Å². The molecule has 1 aliphatic carbocycles. The van der Waals surface area contributed by atoms with Crippen molar-refractivity contribution in [1.82, 2.24) is 10.2 Å². The molecular weight excluding hydrogens is 379 g/mol. The van der Waals surface area contributed by atoms with Gasteiger partial charge < -0.3 is 5.32 Å². The first-order chi connectivity index (χ1) is 11.4. The fourth-order valence-corrected chi connectivity index (χ4v) is 5.20. The van der Waals surface area contributed by atoms with Crippen LogP contribution in [0, 0.1) is 0 Å². The summed E-state index contributed by atoms with van der Waals surface area (Å²) in [4.78, 5) is 14.6. The number of nitrogens with one attached hydrogen (secondary N) is 1. The minimum absolute atomic E-state index is 0. The quantitative estimate of drug-likeness (QED) is 0.752. The lowest BCUT2D eigenvalue weighted by Gasteiger charge is -2.57. The van der Waals surface area contributed by atoms with E-state index in [-0.39, 0.29) is 29.4 Å². The maximum absolute atomic E-state index is 12.0. The van der Waals surface area contributed by atoms with Crippen LogP contribution in [0.4, 0.5) is 0 Å². The van der Waals surface area contributed by atoms with Gasteiger partial charge in [-0.1, -0.05) is 42.1 Å². The first-order valence-electron chi connectivity index (χ1n) is 8.88. The van der Waals surface area contributed by atoms with Crippen molar-refractivity contribution in [2.24, 2.45) is 0 Å². The molecule has 1 N–H and O–H groups in total. The number of carbonyl (C=O) groups is 1. The first-order valence-corrected chi connectivity index (χ1v) is 9.64.